The number of piperidine rings is 1. The van der Waals surface area contributed by atoms with Gasteiger partial charge in [-0.1, -0.05) is 30.7 Å². The van der Waals surface area contributed by atoms with Gasteiger partial charge in [-0.15, -0.1) is 0 Å². The Morgan fingerprint density at radius 1 is 1.40 bits per heavy atom. The minimum absolute atomic E-state index is 0.151. The smallest absolute Gasteiger partial charge is 0.241 e. The molecule has 2 unspecified atom stereocenters. The second-order valence-corrected chi connectivity index (χ2v) is 5.79. The van der Waals surface area contributed by atoms with Crippen molar-refractivity contribution >= 4 is 5.91 Å². The van der Waals surface area contributed by atoms with Crippen LogP contribution in [0.5, 0.6) is 0 Å². The summed E-state index contributed by atoms with van der Waals surface area (Å²) in [5.74, 6) is 4.82. The van der Waals surface area contributed by atoms with Gasteiger partial charge in [-0.25, -0.2) is 5.84 Å². The third kappa shape index (κ3) is 3.58. The number of nitrogens with zero attached hydrogens (tertiary/aromatic N) is 1. The largest absolute Gasteiger partial charge is 0.296 e. The molecule has 0 saturated carbocycles. The van der Waals surface area contributed by atoms with E-state index in [1.54, 1.807) is 0 Å². The molecule has 2 rings (SSSR count). The molecule has 20 heavy (non-hydrogen) atoms. The number of nitrogens with one attached hydrogen (secondary N) is 1. The lowest BCUT2D eigenvalue weighted by molar-refractivity contribution is -0.122. The highest BCUT2D eigenvalue weighted by Gasteiger charge is 2.18. The van der Waals surface area contributed by atoms with Crippen molar-refractivity contribution in [2.24, 2.45) is 5.84 Å². The molecule has 0 aromatic heterocycles. The molecule has 0 radical (unpaired) electrons. The summed E-state index contributed by atoms with van der Waals surface area (Å²) in [6.07, 6.45) is 3.95. The second kappa shape index (κ2) is 6.86. The third-order valence-corrected chi connectivity index (χ3v) is 4.34. The average Bonchev–Trinajstić information content (AvgIpc) is 2.49. The maximum atomic E-state index is 11.5. The van der Waals surface area contributed by atoms with Crippen molar-refractivity contribution in [2.75, 3.05) is 6.54 Å². The summed E-state index contributed by atoms with van der Waals surface area (Å²) in [5, 5.41) is 0. The van der Waals surface area contributed by atoms with Crippen molar-refractivity contribution in [2.45, 2.75) is 51.6 Å². The fourth-order valence-corrected chi connectivity index (χ4v) is 2.82. The summed E-state index contributed by atoms with van der Waals surface area (Å²) in [4.78, 5) is 14.0. The first-order valence-corrected chi connectivity index (χ1v) is 7.45. The van der Waals surface area contributed by atoms with Crippen LogP contribution in [0.3, 0.4) is 0 Å². The number of carbonyl (C=O) groups is 1. The Bertz CT molecular complexity index is 444. The molecule has 4 nitrogen and oxygen atoms in total. The first-order chi connectivity index (χ1) is 9.61. The van der Waals surface area contributed by atoms with Crippen molar-refractivity contribution in [1.29, 1.82) is 0 Å². The maximum Gasteiger partial charge on any atom is 0.241 e. The molecule has 0 aliphatic carbocycles. The monoisotopic (exact) mass is 275 g/mol. The molecular formula is C16H25N3O. The van der Waals surface area contributed by atoms with E-state index in [9.17, 15) is 4.79 Å². The van der Waals surface area contributed by atoms with Gasteiger partial charge in [-0.3, -0.25) is 15.1 Å². The molecule has 3 N–H and O–H groups in total. The lowest BCUT2D eigenvalue weighted by Crippen LogP contribution is -2.36. The van der Waals surface area contributed by atoms with Gasteiger partial charge >= 0.3 is 0 Å². The Kier molecular flexibility index (Phi) is 5.15. The summed E-state index contributed by atoms with van der Waals surface area (Å²) >= 11 is 0. The normalized spacial score (nSPS) is 21.4. The van der Waals surface area contributed by atoms with Gasteiger partial charge < -0.3 is 0 Å². The molecule has 1 aliphatic rings. The Labute approximate surface area is 121 Å². The zero-order valence-corrected chi connectivity index (χ0v) is 12.4. The van der Waals surface area contributed by atoms with Gasteiger partial charge in [0.1, 0.15) is 0 Å². The molecule has 1 aliphatic heterocycles. The van der Waals surface area contributed by atoms with Gasteiger partial charge in [0.25, 0.3) is 0 Å². The van der Waals surface area contributed by atoms with E-state index >= 15 is 0 Å². The number of hydrogen-bond acceptors (Lipinski definition) is 3. The van der Waals surface area contributed by atoms with Crippen molar-refractivity contribution in [3.63, 3.8) is 0 Å². The van der Waals surface area contributed by atoms with Gasteiger partial charge in [0, 0.05) is 12.6 Å². The van der Waals surface area contributed by atoms with Gasteiger partial charge in [0.2, 0.25) is 5.91 Å². The van der Waals surface area contributed by atoms with Crippen LogP contribution in [-0.4, -0.2) is 23.4 Å². The van der Waals surface area contributed by atoms with Gasteiger partial charge in [0.15, 0.2) is 0 Å². The molecule has 1 heterocycles. The Balaban J connectivity index is 1.99. The highest BCUT2D eigenvalue weighted by Crippen LogP contribution is 2.21. The molecule has 1 aromatic rings. The van der Waals surface area contributed by atoms with Crippen LogP contribution in [0.15, 0.2) is 24.3 Å². The first-order valence-electron chi connectivity index (χ1n) is 7.45. The number of rotatable bonds is 4. The molecule has 0 bridgehead atoms. The molecule has 1 saturated heterocycles. The zero-order valence-electron chi connectivity index (χ0n) is 12.4. The van der Waals surface area contributed by atoms with E-state index in [2.05, 4.69) is 29.4 Å². The third-order valence-electron chi connectivity index (χ3n) is 4.34. The fraction of sp³-hybridized carbons (Fsp3) is 0.562. The topological polar surface area (TPSA) is 58.4 Å². The summed E-state index contributed by atoms with van der Waals surface area (Å²) in [6, 6.07) is 8.98. The predicted octanol–water partition coefficient (Wildman–Crippen LogP) is 2.15. The predicted molar refractivity (Wildman–Crippen MR) is 80.9 cm³/mol. The fourth-order valence-electron chi connectivity index (χ4n) is 2.82. The van der Waals surface area contributed by atoms with Crippen molar-refractivity contribution in [3.05, 3.63) is 35.4 Å². The summed E-state index contributed by atoms with van der Waals surface area (Å²) in [5.41, 5.74) is 4.51. The van der Waals surface area contributed by atoms with Crippen molar-refractivity contribution < 1.29 is 4.79 Å². The van der Waals surface area contributed by atoms with Crippen LogP contribution >= 0.6 is 0 Å². The van der Waals surface area contributed by atoms with E-state index in [1.165, 1.54) is 31.4 Å². The van der Waals surface area contributed by atoms with E-state index < -0.39 is 0 Å². The molecule has 2 atom stereocenters. The quantitative estimate of drug-likeness (QED) is 0.503. The second-order valence-electron chi connectivity index (χ2n) is 5.79. The van der Waals surface area contributed by atoms with Crippen LogP contribution in [0, 0.1) is 0 Å². The van der Waals surface area contributed by atoms with Gasteiger partial charge in [0.05, 0.1) is 5.92 Å². The van der Waals surface area contributed by atoms with E-state index in [1.807, 2.05) is 19.1 Å². The first kappa shape index (κ1) is 15.0. The average molecular weight is 275 g/mol. The number of hydrogen-bond donors (Lipinski definition) is 2. The molecule has 110 valence electrons. The molecule has 1 aromatic carbocycles. The molecular weight excluding hydrogens is 250 g/mol. The summed E-state index contributed by atoms with van der Waals surface area (Å²) in [7, 11) is 0. The zero-order chi connectivity index (χ0) is 14.5. The van der Waals surface area contributed by atoms with Gasteiger partial charge in [-0.05, 0) is 44.4 Å². The Hall–Kier alpha value is -1.39. The standard InChI is InChI=1S/C16H25N3O/c1-12-5-3-4-10-19(12)11-14-6-8-15(9-7-14)13(2)16(20)18-17/h6-9,12-13H,3-5,10-11,17H2,1-2H3,(H,18,20). The van der Waals surface area contributed by atoms with E-state index in [4.69, 9.17) is 5.84 Å². The number of carbonyl (C=O) groups excluding carboxylic acids is 1. The number of amides is 1. The Morgan fingerprint density at radius 2 is 2.10 bits per heavy atom. The summed E-state index contributed by atoms with van der Waals surface area (Å²) in [6.45, 7) is 6.36. The lowest BCUT2D eigenvalue weighted by atomic mass is 9.98. The SMILES string of the molecule is CC(C(=O)NN)c1ccc(CN2CCCCC2C)cc1. The lowest BCUT2D eigenvalue weighted by Gasteiger charge is -2.33. The van der Waals surface area contributed by atoms with E-state index in [0.717, 1.165) is 12.1 Å². The number of hydrazine groups is 1. The number of benzene rings is 1. The van der Waals surface area contributed by atoms with E-state index in [0.29, 0.717) is 6.04 Å². The van der Waals surface area contributed by atoms with Crippen LogP contribution in [0.1, 0.15) is 50.2 Å². The highest BCUT2D eigenvalue weighted by atomic mass is 16.2. The van der Waals surface area contributed by atoms with Crippen LogP contribution < -0.4 is 11.3 Å². The highest BCUT2D eigenvalue weighted by molar-refractivity contribution is 5.82. The van der Waals surface area contributed by atoms with Crippen LogP contribution in [0.4, 0.5) is 0 Å². The number of likely N-dealkylation sites (tertiary alicyclic amines) is 1. The van der Waals surface area contributed by atoms with Crippen LogP contribution in [0.25, 0.3) is 0 Å². The van der Waals surface area contributed by atoms with E-state index in [-0.39, 0.29) is 11.8 Å². The van der Waals surface area contributed by atoms with Gasteiger partial charge in [-0.2, -0.15) is 0 Å². The molecule has 1 amide bonds. The molecule has 1 fully saturated rings. The van der Waals surface area contributed by atoms with Crippen molar-refractivity contribution in [1.82, 2.24) is 10.3 Å². The van der Waals surface area contributed by atoms with Crippen LogP contribution in [-0.2, 0) is 11.3 Å². The minimum atomic E-state index is -0.206. The minimum Gasteiger partial charge on any atom is -0.296 e. The maximum absolute atomic E-state index is 11.5. The number of nitrogens with two attached hydrogens (primary N) is 1. The summed E-state index contributed by atoms with van der Waals surface area (Å²) < 4.78 is 0. The van der Waals surface area contributed by atoms with Crippen LogP contribution in [0.2, 0.25) is 0 Å². The molecule has 4 heteroatoms. The Morgan fingerprint density at radius 3 is 2.70 bits per heavy atom. The molecule has 0 spiro atoms. The van der Waals surface area contributed by atoms with Crippen molar-refractivity contribution in [3.8, 4) is 0 Å².